The first kappa shape index (κ1) is 7.70. The second-order valence-corrected chi connectivity index (χ2v) is 2.91. The minimum absolute atomic E-state index is 0.359. The zero-order chi connectivity index (χ0) is 8.39. The van der Waals surface area contributed by atoms with E-state index in [2.05, 4.69) is 10.3 Å². The average molecular weight is 168 g/mol. The zero-order valence-corrected chi connectivity index (χ0v) is 6.81. The molecule has 0 spiro atoms. The molecule has 0 radical (unpaired) electrons. The molecule has 0 amide bonds. The van der Waals surface area contributed by atoms with E-state index < -0.39 is 0 Å². The van der Waals surface area contributed by atoms with Crippen molar-refractivity contribution < 1.29 is 4.74 Å². The summed E-state index contributed by atoms with van der Waals surface area (Å²) in [6.07, 6.45) is 2.91. The number of rotatable bonds is 2. The van der Waals surface area contributed by atoms with E-state index >= 15 is 0 Å². The van der Waals surface area contributed by atoms with Crippen LogP contribution in [0.25, 0.3) is 0 Å². The number of nitrogens with two attached hydrogens (primary N) is 1. The Kier molecular flexibility index (Phi) is 2.05. The van der Waals surface area contributed by atoms with Crippen LogP contribution in [0.2, 0.25) is 0 Å². The monoisotopic (exact) mass is 168 g/mol. The van der Waals surface area contributed by atoms with E-state index in [1.807, 2.05) is 10.9 Å². The number of nitrogens with zero attached hydrogens (tertiary/aromatic N) is 3. The summed E-state index contributed by atoms with van der Waals surface area (Å²) in [5.74, 6) is 0. The van der Waals surface area contributed by atoms with Crippen molar-refractivity contribution in [1.29, 1.82) is 0 Å². The molecule has 1 aromatic heterocycles. The molecular formula is C7H12N4O. The molecular weight excluding hydrogens is 156 g/mol. The van der Waals surface area contributed by atoms with Gasteiger partial charge in [0.15, 0.2) is 0 Å². The van der Waals surface area contributed by atoms with Gasteiger partial charge in [0.25, 0.3) is 0 Å². The predicted octanol–water partition coefficient (Wildman–Crippen LogP) is -0.302. The van der Waals surface area contributed by atoms with Crippen LogP contribution in [-0.4, -0.2) is 28.2 Å². The molecule has 0 aromatic carbocycles. The summed E-state index contributed by atoms with van der Waals surface area (Å²) in [6.45, 7) is 2.02. The molecule has 1 fully saturated rings. The van der Waals surface area contributed by atoms with Gasteiger partial charge in [-0.05, 0) is 6.42 Å². The summed E-state index contributed by atoms with van der Waals surface area (Å²) in [5, 5.41) is 7.89. The smallest absolute Gasteiger partial charge is 0.0962 e. The summed E-state index contributed by atoms with van der Waals surface area (Å²) in [6, 6.07) is 0.359. The van der Waals surface area contributed by atoms with Crippen LogP contribution in [0.15, 0.2) is 6.20 Å². The van der Waals surface area contributed by atoms with E-state index in [1.54, 1.807) is 0 Å². The second kappa shape index (κ2) is 3.20. The van der Waals surface area contributed by atoms with Crippen LogP contribution < -0.4 is 5.73 Å². The van der Waals surface area contributed by atoms with Crippen molar-refractivity contribution in [1.82, 2.24) is 15.0 Å². The predicted molar refractivity (Wildman–Crippen MR) is 42.4 cm³/mol. The Labute approximate surface area is 70.5 Å². The molecule has 1 aromatic rings. The van der Waals surface area contributed by atoms with Gasteiger partial charge in [-0.15, -0.1) is 5.10 Å². The normalized spacial score (nSPS) is 23.2. The summed E-state index contributed by atoms with van der Waals surface area (Å²) in [5.41, 5.74) is 6.25. The molecule has 5 heteroatoms. The fraction of sp³-hybridized carbons (Fsp3) is 0.714. The van der Waals surface area contributed by atoms with Crippen molar-refractivity contribution in [3.8, 4) is 0 Å². The third-order valence-corrected chi connectivity index (χ3v) is 2.05. The highest BCUT2D eigenvalue weighted by Crippen LogP contribution is 2.16. The highest BCUT2D eigenvalue weighted by atomic mass is 16.5. The van der Waals surface area contributed by atoms with Crippen LogP contribution in [0.5, 0.6) is 0 Å². The molecule has 66 valence electrons. The Morgan fingerprint density at radius 1 is 1.75 bits per heavy atom. The van der Waals surface area contributed by atoms with Crippen molar-refractivity contribution in [2.24, 2.45) is 5.73 Å². The third-order valence-electron chi connectivity index (χ3n) is 2.05. The van der Waals surface area contributed by atoms with Crippen LogP contribution in [0, 0.1) is 0 Å². The van der Waals surface area contributed by atoms with E-state index in [0.717, 1.165) is 25.3 Å². The molecule has 0 aliphatic carbocycles. The number of aromatic nitrogens is 3. The summed E-state index contributed by atoms with van der Waals surface area (Å²) in [4.78, 5) is 0. The molecule has 1 saturated heterocycles. The SMILES string of the molecule is NCc1cn(C2CCOC2)nn1. The molecule has 2 rings (SSSR count). The Balaban J connectivity index is 2.11. The van der Waals surface area contributed by atoms with Gasteiger partial charge in [-0.25, -0.2) is 4.68 Å². The zero-order valence-electron chi connectivity index (χ0n) is 6.81. The van der Waals surface area contributed by atoms with Gasteiger partial charge in [0.2, 0.25) is 0 Å². The van der Waals surface area contributed by atoms with Crippen molar-refractivity contribution in [3.63, 3.8) is 0 Å². The molecule has 0 saturated carbocycles. The van der Waals surface area contributed by atoms with Gasteiger partial charge in [0.1, 0.15) is 0 Å². The maximum absolute atomic E-state index is 5.41. The topological polar surface area (TPSA) is 66.0 Å². The first-order chi connectivity index (χ1) is 5.90. The molecule has 1 unspecified atom stereocenters. The molecule has 1 aliphatic rings. The number of ether oxygens (including phenoxy) is 1. The van der Waals surface area contributed by atoms with Crippen LogP contribution in [0.1, 0.15) is 18.2 Å². The van der Waals surface area contributed by atoms with E-state index in [4.69, 9.17) is 10.5 Å². The van der Waals surface area contributed by atoms with Crippen LogP contribution >= 0.6 is 0 Å². The highest BCUT2D eigenvalue weighted by Gasteiger charge is 2.18. The van der Waals surface area contributed by atoms with Gasteiger partial charge in [-0.2, -0.15) is 0 Å². The summed E-state index contributed by atoms with van der Waals surface area (Å²) >= 11 is 0. The van der Waals surface area contributed by atoms with E-state index in [-0.39, 0.29) is 0 Å². The minimum Gasteiger partial charge on any atom is -0.379 e. The third kappa shape index (κ3) is 1.33. The largest absolute Gasteiger partial charge is 0.379 e. The van der Waals surface area contributed by atoms with Crippen molar-refractivity contribution >= 4 is 0 Å². The quantitative estimate of drug-likeness (QED) is 0.658. The Hall–Kier alpha value is -0.940. The van der Waals surface area contributed by atoms with Crippen LogP contribution in [0.4, 0.5) is 0 Å². The first-order valence-electron chi connectivity index (χ1n) is 4.08. The summed E-state index contributed by atoms with van der Waals surface area (Å²) < 4.78 is 7.08. The average Bonchev–Trinajstić information content (AvgIpc) is 2.75. The maximum Gasteiger partial charge on any atom is 0.0962 e. The number of hydrogen-bond donors (Lipinski definition) is 1. The molecule has 1 aliphatic heterocycles. The Morgan fingerprint density at radius 2 is 2.67 bits per heavy atom. The van der Waals surface area contributed by atoms with E-state index in [9.17, 15) is 0 Å². The lowest BCUT2D eigenvalue weighted by Gasteiger charge is -2.04. The lowest BCUT2D eigenvalue weighted by atomic mass is 10.3. The van der Waals surface area contributed by atoms with Gasteiger partial charge in [0.05, 0.1) is 24.5 Å². The van der Waals surface area contributed by atoms with Crippen molar-refractivity contribution in [3.05, 3.63) is 11.9 Å². The number of hydrogen-bond acceptors (Lipinski definition) is 4. The summed E-state index contributed by atoms with van der Waals surface area (Å²) in [7, 11) is 0. The first-order valence-corrected chi connectivity index (χ1v) is 4.08. The van der Waals surface area contributed by atoms with E-state index in [1.165, 1.54) is 0 Å². The van der Waals surface area contributed by atoms with Crippen LogP contribution in [0.3, 0.4) is 0 Å². The minimum atomic E-state index is 0.359. The molecule has 12 heavy (non-hydrogen) atoms. The maximum atomic E-state index is 5.41. The van der Waals surface area contributed by atoms with Gasteiger partial charge in [-0.3, -0.25) is 0 Å². The molecule has 5 nitrogen and oxygen atoms in total. The molecule has 2 N–H and O–H groups in total. The fourth-order valence-electron chi connectivity index (χ4n) is 1.32. The van der Waals surface area contributed by atoms with Gasteiger partial charge < -0.3 is 10.5 Å². The Morgan fingerprint density at radius 3 is 3.25 bits per heavy atom. The lowest BCUT2D eigenvalue weighted by molar-refractivity contribution is 0.184. The van der Waals surface area contributed by atoms with Gasteiger partial charge in [0, 0.05) is 13.2 Å². The van der Waals surface area contributed by atoms with Crippen molar-refractivity contribution in [2.75, 3.05) is 13.2 Å². The van der Waals surface area contributed by atoms with Gasteiger partial charge in [-0.1, -0.05) is 5.21 Å². The Bertz CT molecular complexity index is 254. The molecule has 2 heterocycles. The van der Waals surface area contributed by atoms with Crippen LogP contribution in [-0.2, 0) is 11.3 Å². The second-order valence-electron chi connectivity index (χ2n) is 2.91. The van der Waals surface area contributed by atoms with Crippen molar-refractivity contribution in [2.45, 2.75) is 19.0 Å². The highest BCUT2D eigenvalue weighted by molar-refractivity contribution is 4.92. The fourth-order valence-corrected chi connectivity index (χ4v) is 1.32. The lowest BCUT2D eigenvalue weighted by Crippen LogP contribution is -2.09. The molecule has 0 bridgehead atoms. The standard InChI is InChI=1S/C7H12N4O/c8-3-6-4-11(10-9-6)7-1-2-12-5-7/h4,7H,1-3,5,8H2. The van der Waals surface area contributed by atoms with Gasteiger partial charge >= 0.3 is 0 Å². The molecule has 1 atom stereocenters. The van der Waals surface area contributed by atoms with E-state index in [0.29, 0.717) is 12.6 Å².